The predicted molar refractivity (Wildman–Crippen MR) is 95.3 cm³/mol. The molecule has 2 aromatic rings. The van der Waals surface area contributed by atoms with Crippen LogP contribution in [0.2, 0.25) is 0 Å². The Kier molecular flexibility index (Phi) is 4.71. The maximum absolute atomic E-state index is 12.7. The number of nitrogens with one attached hydrogen (secondary N) is 2. The number of aromatic amines is 2. The van der Waals surface area contributed by atoms with Crippen molar-refractivity contribution in [2.24, 2.45) is 5.92 Å². The van der Waals surface area contributed by atoms with Gasteiger partial charge in [0.2, 0.25) is 0 Å². The number of hydrogen-bond donors (Lipinski definition) is 3. The third kappa shape index (κ3) is 3.28. The van der Waals surface area contributed by atoms with Gasteiger partial charge < -0.3 is 14.9 Å². The molecule has 3 atom stereocenters. The summed E-state index contributed by atoms with van der Waals surface area (Å²) in [7, 11) is 0. The number of aromatic nitrogens is 2. The van der Waals surface area contributed by atoms with Gasteiger partial charge in [0.25, 0.3) is 11.2 Å². The van der Waals surface area contributed by atoms with Gasteiger partial charge in [-0.15, -0.1) is 0 Å². The minimum atomic E-state index is -1.54. The van der Waals surface area contributed by atoms with Crippen LogP contribution in [0.4, 0.5) is 5.69 Å². The van der Waals surface area contributed by atoms with Crippen LogP contribution in [0, 0.1) is 16.0 Å². The molecule has 3 unspecified atom stereocenters. The molecule has 0 saturated heterocycles. The highest BCUT2D eigenvalue weighted by molar-refractivity contribution is 5.77. The lowest BCUT2D eigenvalue weighted by Gasteiger charge is -2.40. The number of carbonyl (C=O) groups excluding carboxylic acids is 1. The molecular weight excluding hydrogens is 354 g/mol. The summed E-state index contributed by atoms with van der Waals surface area (Å²) in [6.45, 7) is 4.91. The Morgan fingerprint density at radius 3 is 2.93 bits per heavy atom. The zero-order valence-electron chi connectivity index (χ0n) is 14.6. The van der Waals surface area contributed by atoms with E-state index in [4.69, 9.17) is 4.74 Å². The van der Waals surface area contributed by atoms with Crippen molar-refractivity contribution >= 4 is 11.7 Å². The number of esters is 1. The van der Waals surface area contributed by atoms with E-state index in [2.05, 4.69) is 16.8 Å². The van der Waals surface area contributed by atoms with Gasteiger partial charge in [-0.1, -0.05) is 24.8 Å². The van der Waals surface area contributed by atoms with Crippen LogP contribution in [0.25, 0.3) is 0 Å². The molecule has 0 amide bonds. The van der Waals surface area contributed by atoms with Gasteiger partial charge in [-0.3, -0.25) is 24.8 Å². The third-order valence-corrected chi connectivity index (χ3v) is 4.78. The van der Waals surface area contributed by atoms with Crippen LogP contribution in [-0.2, 0) is 16.0 Å². The zero-order chi connectivity index (χ0) is 19.8. The third-order valence-electron chi connectivity index (χ3n) is 4.78. The fourth-order valence-corrected chi connectivity index (χ4v) is 3.68. The minimum Gasteiger partial charge on any atom is -0.461 e. The number of benzene rings is 1. The number of hydrogen-bond acceptors (Lipinski definition) is 6. The average Bonchev–Trinajstić information content (AvgIpc) is 2.97. The summed E-state index contributed by atoms with van der Waals surface area (Å²) in [6.07, 6.45) is 1.42. The molecule has 27 heavy (non-hydrogen) atoms. The number of non-ortho nitro benzene ring substituents is 1. The van der Waals surface area contributed by atoms with Crippen molar-refractivity contribution in [1.29, 1.82) is 0 Å². The predicted octanol–water partition coefficient (Wildman–Crippen LogP) is 1.40. The van der Waals surface area contributed by atoms with Crippen LogP contribution in [0.1, 0.15) is 29.7 Å². The Balaban J connectivity index is 2.20. The molecule has 1 aromatic heterocycles. The van der Waals surface area contributed by atoms with Gasteiger partial charge in [-0.2, -0.15) is 0 Å². The van der Waals surface area contributed by atoms with Crippen molar-refractivity contribution in [2.75, 3.05) is 6.61 Å². The molecule has 1 aliphatic carbocycles. The van der Waals surface area contributed by atoms with Crippen LogP contribution in [0.5, 0.6) is 0 Å². The van der Waals surface area contributed by atoms with Crippen molar-refractivity contribution in [2.45, 2.75) is 24.9 Å². The van der Waals surface area contributed by atoms with Crippen molar-refractivity contribution in [3.8, 4) is 0 Å². The van der Waals surface area contributed by atoms with Crippen LogP contribution in [0.15, 0.2) is 41.7 Å². The maximum atomic E-state index is 12.7. The van der Waals surface area contributed by atoms with Gasteiger partial charge in [0.1, 0.15) is 6.61 Å². The van der Waals surface area contributed by atoms with E-state index in [9.17, 15) is 24.8 Å². The van der Waals surface area contributed by atoms with E-state index < -0.39 is 33.9 Å². The maximum Gasteiger partial charge on any atom is 0.313 e. The first-order chi connectivity index (χ1) is 12.8. The SMILES string of the molecule is C=CCOC(=O)C1C(c2cccc([N+](=O)[O-])c2)c2c([nH][nH]c2=O)CC1(C)O. The van der Waals surface area contributed by atoms with Crippen molar-refractivity contribution in [1.82, 2.24) is 10.2 Å². The summed E-state index contributed by atoms with van der Waals surface area (Å²) in [5, 5.41) is 27.3. The minimum absolute atomic E-state index is 0.0281. The quantitative estimate of drug-likeness (QED) is 0.313. The van der Waals surface area contributed by atoms with Crippen molar-refractivity contribution < 1.29 is 19.6 Å². The second kappa shape index (κ2) is 6.84. The van der Waals surface area contributed by atoms with Gasteiger partial charge in [0, 0.05) is 35.7 Å². The first-order valence-corrected chi connectivity index (χ1v) is 8.30. The van der Waals surface area contributed by atoms with Gasteiger partial charge in [-0.05, 0) is 12.5 Å². The Hall–Kier alpha value is -3.20. The van der Waals surface area contributed by atoms with E-state index in [1.807, 2.05) is 0 Å². The van der Waals surface area contributed by atoms with E-state index >= 15 is 0 Å². The first-order valence-electron chi connectivity index (χ1n) is 8.30. The average molecular weight is 373 g/mol. The van der Waals surface area contributed by atoms with E-state index in [0.717, 1.165) is 0 Å². The van der Waals surface area contributed by atoms with Crippen LogP contribution < -0.4 is 5.56 Å². The second-order valence-electron chi connectivity index (χ2n) is 6.73. The number of H-pyrrole nitrogens is 2. The lowest BCUT2D eigenvalue weighted by Crippen LogP contribution is -2.50. The van der Waals surface area contributed by atoms with E-state index in [1.54, 1.807) is 6.07 Å². The Labute approximate surface area is 153 Å². The lowest BCUT2D eigenvalue weighted by molar-refractivity contribution is -0.384. The van der Waals surface area contributed by atoms with Gasteiger partial charge >= 0.3 is 5.97 Å². The molecule has 1 aromatic carbocycles. The second-order valence-corrected chi connectivity index (χ2v) is 6.73. The van der Waals surface area contributed by atoms with Gasteiger partial charge in [0.05, 0.1) is 16.4 Å². The van der Waals surface area contributed by atoms with Crippen molar-refractivity contribution in [3.63, 3.8) is 0 Å². The molecule has 142 valence electrons. The Morgan fingerprint density at radius 1 is 1.52 bits per heavy atom. The number of nitrogens with zero attached hydrogens (tertiary/aromatic N) is 1. The molecular formula is C18H19N3O6. The number of fused-ring (bicyclic) bond motifs is 1. The summed E-state index contributed by atoms with van der Waals surface area (Å²) in [4.78, 5) is 35.7. The highest BCUT2D eigenvalue weighted by Crippen LogP contribution is 2.45. The highest BCUT2D eigenvalue weighted by Gasteiger charge is 2.51. The number of nitro benzene ring substituents is 1. The van der Waals surface area contributed by atoms with E-state index in [0.29, 0.717) is 11.3 Å². The smallest absolute Gasteiger partial charge is 0.313 e. The Morgan fingerprint density at radius 2 is 2.26 bits per heavy atom. The molecule has 1 heterocycles. The number of ether oxygens (including phenoxy) is 1. The Bertz CT molecular complexity index is 958. The molecule has 9 heteroatoms. The van der Waals surface area contributed by atoms with Crippen LogP contribution >= 0.6 is 0 Å². The van der Waals surface area contributed by atoms with Crippen molar-refractivity contribution in [3.05, 3.63) is 74.2 Å². The van der Waals surface area contributed by atoms with Gasteiger partial charge in [0.15, 0.2) is 0 Å². The summed E-state index contributed by atoms with van der Waals surface area (Å²) in [5.74, 6) is -2.73. The monoisotopic (exact) mass is 373 g/mol. The zero-order valence-corrected chi connectivity index (χ0v) is 14.6. The number of rotatable bonds is 5. The lowest BCUT2D eigenvalue weighted by atomic mass is 9.66. The molecule has 0 radical (unpaired) electrons. The molecule has 0 bridgehead atoms. The number of nitro groups is 1. The largest absolute Gasteiger partial charge is 0.461 e. The molecule has 0 fully saturated rings. The normalized spacial score (nSPS) is 24.1. The summed E-state index contributed by atoms with van der Waals surface area (Å²) in [5.41, 5.74) is -1.07. The number of aliphatic hydroxyl groups is 1. The van der Waals surface area contributed by atoms with Crippen LogP contribution in [-0.4, -0.2) is 38.4 Å². The summed E-state index contributed by atoms with van der Waals surface area (Å²) >= 11 is 0. The van der Waals surface area contributed by atoms with E-state index in [1.165, 1.54) is 31.2 Å². The molecule has 0 saturated carbocycles. The van der Waals surface area contributed by atoms with Gasteiger partial charge in [-0.25, -0.2) is 0 Å². The molecule has 9 nitrogen and oxygen atoms in total. The summed E-state index contributed by atoms with van der Waals surface area (Å²) in [6, 6.07) is 5.68. The van der Waals surface area contributed by atoms with E-state index in [-0.39, 0.29) is 24.3 Å². The highest BCUT2D eigenvalue weighted by atomic mass is 16.6. The molecule has 1 aliphatic rings. The molecule has 0 aliphatic heterocycles. The molecule has 0 spiro atoms. The van der Waals surface area contributed by atoms with Crippen LogP contribution in [0.3, 0.4) is 0 Å². The first kappa shape index (κ1) is 18.6. The number of carbonyl (C=O) groups is 1. The molecule has 3 rings (SSSR count). The summed E-state index contributed by atoms with van der Waals surface area (Å²) < 4.78 is 5.15. The molecule has 3 N–H and O–H groups in total. The standard InChI is InChI=1S/C18H19N3O6/c1-3-7-27-17(23)15-13(10-5-4-6-11(8-10)21(25)26)14-12(9-18(15,2)24)19-20-16(14)22/h3-6,8,13,15,24H,1,7,9H2,2H3,(H2,19,20,22). The topological polar surface area (TPSA) is 138 Å². The fraction of sp³-hybridized carbons (Fsp3) is 0.333. The fourth-order valence-electron chi connectivity index (χ4n) is 3.68.